The van der Waals surface area contributed by atoms with Crippen molar-refractivity contribution in [2.24, 2.45) is 0 Å². The second-order valence-electron chi connectivity index (χ2n) is 5.41. The minimum atomic E-state index is -0.501. The molecule has 0 saturated carbocycles. The molecule has 2 aromatic rings. The van der Waals surface area contributed by atoms with E-state index in [9.17, 15) is 9.59 Å². The number of fused-ring (bicyclic) bond motifs is 1. The summed E-state index contributed by atoms with van der Waals surface area (Å²) in [6, 6.07) is 16.6. The molecule has 0 bridgehead atoms. The van der Waals surface area contributed by atoms with Crippen molar-refractivity contribution in [2.45, 2.75) is 18.8 Å². The maximum atomic E-state index is 12.5. The molecule has 0 radical (unpaired) electrons. The Morgan fingerprint density at radius 3 is 2.70 bits per heavy atom. The third-order valence-electron chi connectivity index (χ3n) is 3.82. The molecule has 23 heavy (non-hydrogen) atoms. The van der Waals surface area contributed by atoms with Crippen LogP contribution in [0.2, 0.25) is 0 Å². The summed E-state index contributed by atoms with van der Waals surface area (Å²) >= 11 is 0. The van der Waals surface area contributed by atoms with Crippen LogP contribution in [0, 0.1) is 11.3 Å². The Kier molecular flexibility index (Phi) is 4.07. The Morgan fingerprint density at radius 2 is 1.96 bits per heavy atom. The number of rotatable bonds is 3. The molecule has 0 spiro atoms. The number of para-hydroxylation sites is 1. The van der Waals surface area contributed by atoms with E-state index in [-0.39, 0.29) is 18.2 Å². The third kappa shape index (κ3) is 3.22. The largest absolute Gasteiger partial charge is 0.326 e. The lowest BCUT2D eigenvalue weighted by Crippen LogP contribution is -2.30. The summed E-state index contributed by atoms with van der Waals surface area (Å²) in [5.41, 5.74) is 3.06. The van der Waals surface area contributed by atoms with Crippen molar-refractivity contribution in [1.29, 1.82) is 5.26 Å². The minimum absolute atomic E-state index is 0.134. The van der Waals surface area contributed by atoms with E-state index in [1.807, 2.05) is 18.2 Å². The molecule has 1 aliphatic heterocycles. The molecule has 114 valence electrons. The molecule has 1 heterocycles. The van der Waals surface area contributed by atoms with Gasteiger partial charge >= 0.3 is 0 Å². The number of anilines is 2. The summed E-state index contributed by atoms with van der Waals surface area (Å²) in [5, 5.41) is 14.3. The van der Waals surface area contributed by atoms with Crippen molar-refractivity contribution >= 4 is 23.2 Å². The lowest BCUT2D eigenvalue weighted by molar-refractivity contribution is -0.123. The molecule has 1 unspecified atom stereocenters. The lowest BCUT2D eigenvalue weighted by atomic mass is 9.90. The van der Waals surface area contributed by atoms with Crippen LogP contribution >= 0.6 is 0 Å². The van der Waals surface area contributed by atoms with Crippen molar-refractivity contribution in [3.05, 3.63) is 59.7 Å². The van der Waals surface area contributed by atoms with Gasteiger partial charge < -0.3 is 10.6 Å². The first-order valence-corrected chi connectivity index (χ1v) is 7.33. The number of nitrogens with one attached hydrogen (secondary N) is 2. The van der Waals surface area contributed by atoms with Crippen molar-refractivity contribution in [2.75, 3.05) is 10.6 Å². The fraction of sp³-hybridized carbons (Fsp3) is 0.167. The SMILES string of the molecule is N#CCc1ccc(NC(=O)C2CC(=O)Nc3ccccc32)cc1. The van der Waals surface area contributed by atoms with E-state index < -0.39 is 5.92 Å². The van der Waals surface area contributed by atoms with Gasteiger partial charge in [-0.15, -0.1) is 0 Å². The van der Waals surface area contributed by atoms with E-state index in [2.05, 4.69) is 16.7 Å². The molecule has 2 amide bonds. The molecular weight excluding hydrogens is 290 g/mol. The Bertz CT molecular complexity index is 791. The number of amides is 2. The number of carbonyl (C=O) groups is 2. The molecule has 1 atom stereocenters. The zero-order valence-electron chi connectivity index (χ0n) is 12.4. The quantitative estimate of drug-likeness (QED) is 0.914. The molecule has 5 heteroatoms. The lowest BCUT2D eigenvalue weighted by Gasteiger charge is -2.24. The maximum Gasteiger partial charge on any atom is 0.232 e. The van der Waals surface area contributed by atoms with Gasteiger partial charge in [0.05, 0.1) is 18.4 Å². The first-order chi connectivity index (χ1) is 11.2. The summed E-state index contributed by atoms with van der Waals surface area (Å²) in [5.74, 6) is -0.868. The number of carbonyl (C=O) groups excluding carboxylic acids is 2. The van der Waals surface area contributed by atoms with Crippen LogP contribution in [0.4, 0.5) is 11.4 Å². The van der Waals surface area contributed by atoms with E-state index in [1.165, 1.54) is 0 Å². The molecule has 2 aromatic carbocycles. The highest BCUT2D eigenvalue weighted by atomic mass is 16.2. The number of hydrogen-bond donors (Lipinski definition) is 2. The smallest absolute Gasteiger partial charge is 0.232 e. The van der Waals surface area contributed by atoms with E-state index in [4.69, 9.17) is 5.26 Å². The number of nitriles is 1. The maximum absolute atomic E-state index is 12.5. The summed E-state index contributed by atoms with van der Waals surface area (Å²) in [6.07, 6.45) is 0.472. The van der Waals surface area contributed by atoms with Crippen LogP contribution in [0.3, 0.4) is 0 Å². The fourth-order valence-corrected chi connectivity index (χ4v) is 2.67. The standard InChI is InChI=1S/C18H15N3O2/c19-10-9-12-5-7-13(8-6-12)20-18(23)15-11-17(22)21-16-4-2-1-3-14(15)16/h1-8,15H,9,11H2,(H,20,23)(H,21,22). The Morgan fingerprint density at radius 1 is 1.22 bits per heavy atom. The highest BCUT2D eigenvalue weighted by Gasteiger charge is 2.30. The Labute approximate surface area is 133 Å². The average Bonchev–Trinajstić information content (AvgIpc) is 2.56. The summed E-state index contributed by atoms with van der Waals surface area (Å²) in [6.45, 7) is 0. The van der Waals surface area contributed by atoms with E-state index in [1.54, 1.807) is 30.3 Å². The molecule has 2 N–H and O–H groups in total. The van der Waals surface area contributed by atoms with Gasteiger partial charge in [-0.25, -0.2) is 0 Å². The van der Waals surface area contributed by atoms with Crippen LogP contribution in [0.5, 0.6) is 0 Å². The Balaban J connectivity index is 1.78. The van der Waals surface area contributed by atoms with Crippen LogP contribution in [0.15, 0.2) is 48.5 Å². The Hall–Kier alpha value is -3.13. The van der Waals surface area contributed by atoms with E-state index in [0.29, 0.717) is 17.8 Å². The van der Waals surface area contributed by atoms with Gasteiger partial charge in [0.25, 0.3) is 0 Å². The van der Waals surface area contributed by atoms with Crippen LogP contribution in [-0.4, -0.2) is 11.8 Å². The van der Waals surface area contributed by atoms with Crippen molar-refractivity contribution in [1.82, 2.24) is 0 Å². The van der Waals surface area contributed by atoms with Gasteiger partial charge in [-0.1, -0.05) is 30.3 Å². The topological polar surface area (TPSA) is 82.0 Å². The van der Waals surface area contributed by atoms with E-state index in [0.717, 1.165) is 11.1 Å². The average molecular weight is 305 g/mol. The molecule has 0 fully saturated rings. The van der Waals surface area contributed by atoms with Gasteiger partial charge in [-0.2, -0.15) is 5.26 Å². The number of benzene rings is 2. The van der Waals surface area contributed by atoms with Gasteiger partial charge in [0, 0.05) is 17.8 Å². The van der Waals surface area contributed by atoms with Crippen LogP contribution in [0.25, 0.3) is 0 Å². The van der Waals surface area contributed by atoms with Gasteiger partial charge in [-0.05, 0) is 29.3 Å². The molecule has 0 aromatic heterocycles. The molecule has 3 rings (SSSR count). The van der Waals surface area contributed by atoms with Crippen molar-refractivity contribution in [3.63, 3.8) is 0 Å². The first kappa shape index (κ1) is 14.8. The highest BCUT2D eigenvalue weighted by molar-refractivity contribution is 6.05. The van der Waals surface area contributed by atoms with Crippen LogP contribution in [0.1, 0.15) is 23.5 Å². The predicted molar refractivity (Wildman–Crippen MR) is 86.8 cm³/mol. The zero-order valence-corrected chi connectivity index (χ0v) is 12.4. The summed E-state index contributed by atoms with van der Waals surface area (Å²) in [4.78, 5) is 24.3. The second kappa shape index (κ2) is 6.32. The summed E-state index contributed by atoms with van der Waals surface area (Å²) < 4.78 is 0. The first-order valence-electron chi connectivity index (χ1n) is 7.33. The molecule has 0 saturated heterocycles. The van der Waals surface area contributed by atoms with Gasteiger partial charge in [0.1, 0.15) is 0 Å². The van der Waals surface area contributed by atoms with E-state index >= 15 is 0 Å². The van der Waals surface area contributed by atoms with Crippen molar-refractivity contribution < 1.29 is 9.59 Å². The fourth-order valence-electron chi connectivity index (χ4n) is 2.67. The second-order valence-corrected chi connectivity index (χ2v) is 5.41. The van der Waals surface area contributed by atoms with Gasteiger partial charge in [0.2, 0.25) is 11.8 Å². The number of hydrogen-bond acceptors (Lipinski definition) is 3. The van der Waals surface area contributed by atoms with Crippen molar-refractivity contribution in [3.8, 4) is 6.07 Å². The third-order valence-corrected chi connectivity index (χ3v) is 3.82. The molecule has 0 aliphatic carbocycles. The highest BCUT2D eigenvalue weighted by Crippen LogP contribution is 2.32. The van der Waals surface area contributed by atoms with Crippen LogP contribution in [-0.2, 0) is 16.0 Å². The normalized spacial score (nSPS) is 16.0. The minimum Gasteiger partial charge on any atom is -0.326 e. The van der Waals surface area contributed by atoms with Gasteiger partial charge in [0.15, 0.2) is 0 Å². The van der Waals surface area contributed by atoms with Crippen LogP contribution < -0.4 is 10.6 Å². The summed E-state index contributed by atoms with van der Waals surface area (Å²) in [7, 11) is 0. The monoisotopic (exact) mass is 305 g/mol. The zero-order chi connectivity index (χ0) is 16.2. The number of nitrogens with zero attached hydrogens (tertiary/aromatic N) is 1. The molecule has 5 nitrogen and oxygen atoms in total. The predicted octanol–water partition coefficient (Wildman–Crippen LogP) is 2.82. The van der Waals surface area contributed by atoms with Gasteiger partial charge in [-0.3, -0.25) is 9.59 Å². The molecule has 1 aliphatic rings. The molecular formula is C18H15N3O2.